The van der Waals surface area contributed by atoms with Gasteiger partial charge in [0.1, 0.15) is 5.75 Å². The average molecular weight is 357 g/mol. The first-order valence-electron chi connectivity index (χ1n) is 6.54. The van der Waals surface area contributed by atoms with Gasteiger partial charge in [0.05, 0.1) is 17.5 Å². The molecule has 1 fully saturated rings. The summed E-state index contributed by atoms with van der Waals surface area (Å²) in [5.41, 5.74) is 0.603. The Bertz CT molecular complexity index is 564. The zero-order valence-corrected chi connectivity index (χ0v) is 13.4. The Hall–Kier alpha value is -1.76. The topological polar surface area (TPSA) is 78.9 Å². The van der Waals surface area contributed by atoms with Gasteiger partial charge in [-0.1, -0.05) is 6.92 Å². The molecule has 1 aliphatic rings. The highest BCUT2D eigenvalue weighted by Gasteiger charge is 2.36. The average Bonchev–Trinajstić information content (AvgIpc) is 2.83. The fourth-order valence-corrected chi connectivity index (χ4v) is 2.80. The maximum absolute atomic E-state index is 12.2. The third kappa shape index (κ3) is 3.47. The molecule has 1 aromatic carbocycles. The van der Waals surface area contributed by atoms with Crippen LogP contribution in [0.25, 0.3) is 0 Å². The van der Waals surface area contributed by atoms with Crippen LogP contribution in [0, 0.1) is 11.8 Å². The van der Waals surface area contributed by atoms with Crippen molar-refractivity contribution >= 4 is 33.6 Å². The number of aliphatic carboxylic acids is 1. The summed E-state index contributed by atoms with van der Waals surface area (Å²) in [5, 5.41) is 11.9. The van der Waals surface area contributed by atoms with Crippen LogP contribution in [0.4, 0.5) is 10.5 Å². The molecule has 6 nitrogen and oxygen atoms in total. The van der Waals surface area contributed by atoms with Crippen molar-refractivity contribution in [3.05, 3.63) is 22.7 Å². The highest BCUT2D eigenvalue weighted by atomic mass is 79.9. The summed E-state index contributed by atoms with van der Waals surface area (Å²) in [4.78, 5) is 24.8. The number of carboxylic acids is 1. The second-order valence-corrected chi connectivity index (χ2v) is 5.96. The lowest BCUT2D eigenvalue weighted by Crippen LogP contribution is -2.33. The third-order valence-electron chi connectivity index (χ3n) is 3.62. The van der Waals surface area contributed by atoms with E-state index in [4.69, 9.17) is 9.84 Å². The molecule has 114 valence electrons. The van der Waals surface area contributed by atoms with E-state index in [1.165, 1.54) is 4.90 Å². The lowest BCUT2D eigenvalue weighted by Gasteiger charge is -2.17. The molecule has 2 N–H and O–H groups in total. The van der Waals surface area contributed by atoms with Gasteiger partial charge in [0.15, 0.2) is 0 Å². The third-order valence-corrected chi connectivity index (χ3v) is 4.27. The highest BCUT2D eigenvalue weighted by Crippen LogP contribution is 2.29. The van der Waals surface area contributed by atoms with Gasteiger partial charge in [-0.3, -0.25) is 4.79 Å². The Kier molecular flexibility index (Phi) is 4.72. The van der Waals surface area contributed by atoms with Crippen molar-refractivity contribution in [1.29, 1.82) is 0 Å². The molecule has 0 aliphatic carbocycles. The van der Waals surface area contributed by atoms with Crippen molar-refractivity contribution in [2.45, 2.75) is 6.92 Å². The number of methoxy groups -OCH3 is 1. The number of carboxylic acid groups (broad SMARTS) is 1. The van der Waals surface area contributed by atoms with E-state index in [0.717, 1.165) is 4.47 Å². The predicted molar refractivity (Wildman–Crippen MR) is 81.6 cm³/mol. The van der Waals surface area contributed by atoms with Crippen LogP contribution in [0.1, 0.15) is 6.92 Å². The molecule has 21 heavy (non-hydrogen) atoms. The maximum Gasteiger partial charge on any atom is 0.321 e. The number of nitrogens with one attached hydrogen (secondary N) is 1. The summed E-state index contributed by atoms with van der Waals surface area (Å²) in [6.07, 6.45) is 0. The lowest BCUT2D eigenvalue weighted by atomic mass is 9.99. The summed E-state index contributed by atoms with van der Waals surface area (Å²) in [6.45, 7) is 2.52. The highest BCUT2D eigenvalue weighted by molar-refractivity contribution is 9.10. The van der Waals surface area contributed by atoms with Crippen LogP contribution in [-0.4, -0.2) is 42.2 Å². The molecule has 1 aliphatic heterocycles. The molecule has 0 radical (unpaired) electrons. The summed E-state index contributed by atoms with van der Waals surface area (Å²) >= 11 is 3.34. The fraction of sp³-hybridized carbons (Fsp3) is 0.429. The van der Waals surface area contributed by atoms with E-state index in [1.54, 1.807) is 25.3 Å². The van der Waals surface area contributed by atoms with Crippen molar-refractivity contribution in [2.75, 3.05) is 25.5 Å². The number of likely N-dealkylation sites (tertiary alicyclic amines) is 1. The summed E-state index contributed by atoms with van der Waals surface area (Å²) in [7, 11) is 1.55. The molecule has 0 spiro atoms. The van der Waals surface area contributed by atoms with Gasteiger partial charge in [0.25, 0.3) is 0 Å². The van der Waals surface area contributed by atoms with Gasteiger partial charge in [-0.05, 0) is 34.0 Å². The Morgan fingerprint density at radius 1 is 1.43 bits per heavy atom. The Morgan fingerprint density at radius 2 is 2.14 bits per heavy atom. The van der Waals surface area contributed by atoms with Crippen LogP contribution in [-0.2, 0) is 4.79 Å². The standard InChI is InChI=1S/C14H17BrN2O4/c1-8-6-17(7-10(8)13(18)19)14(20)16-9-3-4-11(15)12(5-9)21-2/h3-5,8,10H,6-7H2,1-2H3,(H,16,20)(H,18,19)/t8-,10-/m1/s1. The molecule has 2 amide bonds. The molecule has 2 rings (SSSR count). The first-order valence-corrected chi connectivity index (χ1v) is 7.34. The second-order valence-electron chi connectivity index (χ2n) is 5.11. The van der Waals surface area contributed by atoms with E-state index in [9.17, 15) is 9.59 Å². The van der Waals surface area contributed by atoms with Crippen molar-refractivity contribution < 1.29 is 19.4 Å². The van der Waals surface area contributed by atoms with Crippen molar-refractivity contribution in [2.24, 2.45) is 11.8 Å². The minimum atomic E-state index is -0.858. The Balaban J connectivity index is 2.04. The quantitative estimate of drug-likeness (QED) is 0.872. The van der Waals surface area contributed by atoms with Crippen LogP contribution in [0.3, 0.4) is 0 Å². The van der Waals surface area contributed by atoms with Gasteiger partial charge >= 0.3 is 12.0 Å². The Morgan fingerprint density at radius 3 is 2.71 bits per heavy atom. The molecule has 1 aromatic rings. The van der Waals surface area contributed by atoms with Gasteiger partial charge in [-0.15, -0.1) is 0 Å². The number of hydrogen-bond acceptors (Lipinski definition) is 3. The largest absolute Gasteiger partial charge is 0.495 e. The number of nitrogens with zero attached hydrogens (tertiary/aromatic N) is 1. The number of carbonyl (C=O) groups excluding carboxylic acids is 1. The number of hydrogen-bond donors (Lipinski definition) is 2. The van der Waals surface area contributed by atoms with Crippen LogP contribution < -0.4 is 10.1 Å². The molecule has 0 bridgehead atoms. The number of carbonyl (C=O) groups is 2. The van der Waals surface area contributed by atoms with E-state index in [-0.39, 0.29) is 18.5 Å². The predicted octanol–water partition coefficient (Wildman–Crippen LogP) is 2.64. The van der Waals surface area contributed by atoms with Crippen LogP contribution in [0.5, 0.6) is 5.75 Å². The van der Waals surface area contributed by atoms with Crippen LogP contribution >= 0.6 is 15.9 Å². The molecule has 7 heteroatoms. The van der Waals surface area contributed by atoms with Crippen LogP contribution in [0.2, 0.25) is 0 Å². The van der Waals surface area contributed by atoms with E-state index >= 15 is 0 Å². The molecular weight excluding hydrogens is 340 g/mol. The lowest BCUT2D eigenvalue weighted by molar-refractivity contribution is -0.142. The summed E-state index contributed by atoms with van der Waals surface area (Å²) in [5.74, 6) is -0.794. The number of anilines is 1. The number of benzene rings is 1. The van der Waals surface area contributed by atoms with Crippen LogP contribution in [0.15, 0.2) is 22.7 Å². The Labute approximate surface area is 131 Å². The minimum Gasteiger partial charge on any atom is -0.495 e. The molecule has 0 saturated carbocycles. The molecule has 0 unspecified atom stereocenters. The normalized spacial score (nSPS) is 21.2. The number of rotatable bonds is 3. The number of halogens is 1. The summed E-state index contributed by atoms with van der Waals surface area (Å²) in [6, 6.07) is 4.94. The first kappa shape index (κ1) is 15.6. The van der Waals surface area contributed by atoms with Gasteiger partial charge < -0.3 is 20.1 Å². The molecule has 0 aromatic heterocycles. The molecular formula is C14H17BrN2O4. The maximum atomic E-state index is 12.2. The van der Waals surface area contributed by atoms with E-state index in [1.807, 2.05) is 6.92 Å². The number of amides is 2. The van der Waals surface area contributed by atoms with Gasteiger partial charge in [-0.2, -0.15) is 0 Å². The number of urea groups is 1. The molecule has 1 heterocycles. The van der Waals surface area contributed by atoms with Gasteiger partial charge in [0.2, 0.25) is 0 Å². The smallest absolute Gasteiger partial charge is 0.321 e. The van der Waals surface area contributed by atoms with Gasteiger partial charge in [-0.25, -0.2) is 4.79 Å². The zero-order chi connectivity index (χ0) is 15.6. The fourth-order valence-electron chi connectivity index (χ4n) is 2.39. The zero-order valence-electron chi connectivity index (χ0n) is 11.8. The molecule has 2 atom stereocenters. The van der Waals surface area contributed by atoms with E-state index in [2.05, 4.69) is 21.2 Å². The van der Waals surface area contributed by atoms with Crippen molar-refractivity contribution in [3.8, 4) is 5.75 Å². The SMILES string of the molecule is COc1cc(NC(=O)N2C[C@@H](C)[C@H](C(=O)O)C2)ccc1Br. The molecule has 1 saturated heterocycles. The van der Waals surface area contributed by atoms with Crippen molar-refractivity contribution in [1.82, 2.24) is 4.90 Å². The van der Waals surface area contributed by atoms with Crippen molar-refractivity contribution in [3.63, 3.8) is 0 Å². The van der Waals surface area contributed by atoms with E-state index < -0.39 is 11.9 Å². The second kappa shape index (κ2) is 6.34. The number of ether oxygens (including phenoxy) is 1. The van der Waals surface area contributed by atoms with E-state index in [0.29, 0.717) is 18.0 Å². The summed E-state index contributed by atoms with van der Waals surface area (Å²) < 4.78 is 5.96. The van der Waals surface area contributed by atoms with Gasteiger partial charge in [0, 0.05) is 24.8 Å². The first-order chi connectivity index (χ1) is 9.92. The monoisotopic (exact) mass is 356 g/mol. The minimum absolute atomic E-state index is 0.0484.